The maximum atomic E-state index is 5.83. The smallest absolute Gasteiger partial charge is 0.146 e. The molecule has 0 fully saturated rings. The molecule has 2 heterocycles. The highest BCUT2D eigenvalue weighted by Gasteiger charge is 2.17. The van der Waals surface area contributed by atoms with Gasteiger partial charge in [-0.3, -0.25) is 4.98 Å². The summed E-state index contributed by atoms with van der Waals surface area (Å²) in [5, 5.41) is 0. The Balaban J connectivity index is 2.16. The van der Waals surface area contributed by atoms with Gasteiger partial charge in [-0.25, -0.2) is 0 Å². The third-order valence-corrected chi connectivity index (χ3v) is 3.75. The van der Waals surface area contributed by atoms with Crippen molar-refractivity contribution in [3.05, 3.63) is 60.4 Å². The van der Waals surface area contributed by atoms with Crippen LogP contribution in [0.2, 0.25) is 0 Å². The largest absolute Gasteiger partial charge is 0.494 e. The van der Waals surface area contributed by atoms with Crippen molar-refractivity contribution < 1.29 is 4.74 Å². The highest BCUT2D eigenvalue weighted by molar-refractivity contribution is 5.82. The van der Waals surface area contributed by atoms with Crippen LogP contribution >= 0.6 is 0 Å². The van der Waals surface area contributed by atoms with E-state index in [1.807, 2.05) is 18.2 Å². The minimum atomic E-state index is 0.187. The van der Waals surface area contributed by atoms with E-state index in [1.165, 1.54) is 5.56 Å². The number of fused-ring (bicyclic) bond motifs is 1. The highest BCUT2D eigenvalue weighted by Crippen LogP contribution is 2.31. The van der Waals surface area contributed by atoms with Crippen molar-refractivity contribution in [3.8, 4) is 5.75 Å². The van der Waals surface area contributed by atoms with Crippen molar-refractivity contribution >= 4 is 11.0 Å². The van der Waals surface area contributed by atoms with E-state index in [2.05, 4.69) is 40.0 Å². The van der Waals surface area contributed by atoms with Crippen LogP contribution < -0.4 is 10.5 Å². The van der Waals surface area contributed by atoms with Gasteiger partial charge in [0.1, 0.15) is 11.3 Å². The lowest BCUT2D eigenvalue weighted by atomic mass is 10.0. The molecule has 2 N–H and O–H groups in total. The first kappa shape index (κ1) is 13.6. The zero-order chi connectivity index (χ0) is 14.7. The standard InChI is InChI=1S/C17H19N3O/c1-21-16-8-11-19-14-9-12-20(17(14)16)15(7-10-18)13-5-3-2-4-6-13/h2-6,8-9,11-12,15H,7,10,18H2,1H3/t15-/m0/s1. The SMILES string of the molecule is COc1ccnc2ccn([C@@H](CCN)c3ccccc3)c12. The van der Waals surface area contributed by atoms with E-state index in [0.717, 1.165) is 23.2 Å². The van der Waals surface area contributed by atoms with E-state index < -0.39 is 0 Å². The Morgan fingerprint density at radius 2 is 2.00 bits per heavy atom. The first-order valence-corrected chi connectivity index (χ1v) is 7.09. The number of benzene rings is 1. The van der Waals surface area contributed by atoms with Gasteiger partial charge in [0.05, 0.1) is 18.7 Å². The van der Waals surface area contributed by atoms with Crippen LogP contribution in [0.5, 0.6) is 5.75 Å². The second-order valence-electron chi connectivity index (χ2n) is 4.97. The molecule has 0 bridgehead atoms. The summed E-state index contributed by atoms with van der Waals surface area (Å²) in [6.45, 7) is 0.627. The maximum Gasteiger partial charge on any atom is 0.146 e. The van der Waals surface area contributed by atoms with Crippen LogP contribution in [0.1, 0.15) is 18.0 Å². The number of methoxy groups -OCH3 is 1. The molecule has 0 unspecified atom stereocenters. The fourth-order valence-corrected chi connectivity index (χ4v) is 2.78. The molecule has 0 aliphatic carbocycles. The monoisotopic (exact) mass is 281 g/mol. The molecule has 3 aromatic rings. The van der Waals surface area contributed by atoms with Crippen LogP contribution in [0, 0.1) is 0 Å². The summed E-state index contributed by atoms with van der Waals surface area (Å²) in [5.41, 5.74) is 9.02. The Hall–Kier alpha value is -2.33. The number of aromatic nitrogens is 2. The van der Waals surface area contributed by atoms with E-state index in [-0.39, 0.29) is 6.04 Å². The van der Waals surface area contributed by atoms with E-state index in [9.17, 15) is 0 Å². The molecule has 1 aromatic carbocycles. The molecule has 4 heteroatoms. The Morgan fingerprint density at radius 1 is 1.19 bits per heavy atom. The third-order valence-electron chi connectivity index (χ3n) is 3.75. The minimum absolute atomic E-state index is 0.187. The second kappa shape index (κ2) is 5.97. The summed E-state index contributed by atoms with van der Waals surface area (Å²) in [7, 11) is 1.69. The van der Waals surface area contributed by atoms with Gasteiger partial charge in [-0.2, -0.15) is 0 Å². The topological polar surface area (TPSA) is 53.1 Å². The summed E-state index contributed by atoms with van der Waals surface area (Å²) in [6.07, 6.45) is 4.70. The molecule has 21 heavy (non-hydrogen) atoms. The molecule has 0 radical (unpaired) electrons. The predicted molar refractivity (Wildman–Crippen MR) is 84.5 cm³/mol. The van der Waals surface area contributed by atoms with Gasteiger partial charge in [-0.15, -0.1) is 0 Å². The van der Waals surface area contributed by atoms with Crippen LogP contribution in [0.4, 0.5) is 0 Å². The van der Waals surface area contributed by atoms with Gasteiger partial charge in [-0.1, -0.05) is 30.3 Å². The van der Waals surface area contributed by atoms with Gasteiger partial charge in [0.2, 0.25) is 0 Å². The lowest BCUT2D eigenvalue weighted by Crippen LogP contribution is -2.15. The number of ether oxygens (including phenoxy) is 1. The molecule has 0 saturated heterocycles. The average molecular weight is 281 g/mol. The molecule has 4 nitrogen and oxygen atoms in total. The summed E-state index contributed by atoms with van der Waals surface area (Å²) in [4.78, 5) is 4.41. The van der Waals surface area contributed by atoms with Gasteiger partial charge in [0, 0.05) is 18.5 Å². The molecule has 0 aliphatic heterocycles. The van der Waals surface area contributed by atoms with Crippen LogP contribution in [0.15, 0.2) is 54.9 Å². The fourth-order valence-electron chi connectivity index (χ4n) is 2.78. The number of nitrogens with zero attached hydrogens (tertiary/aromatic N) is 2. The molecule has 3 rings (SSSR count). The van der Waals surface area contributed by atoms with Gasteiger partial charge in [0.15, 0.2) is 0 Å². The van der Waals surface area contributed by atoms with Crippen LogP contribution in [0.25, 0.3) is 11.0 Å². The Labute approximate surface area is 124 Å². The molecule has 2 aromatic heterocycles. The van der Waals surface area contributed by atoms with E-state index in [4.69, 9.17) is 10.5 Å². The molecule has 108 valence electrons. The molecular weight excluding hydrogens is 262 g/mol. The lowest BCUT2D eigenvalue weighted by Gasteiger charge is -2.21. The molecule has 0 aliphatic rings. The van der Waals surface area contributed by atoms with Gasteiger partial charge < -0.3 is 15.0 Å². The summed E-state index contributed by atoms with van der Waals surface area (Å²) in [5.74, 6) is 0.836. The van der Waals surface area contributed by atoms with Gasteiger partial charge in [-0.05, 0) is 24.6 Å². The quantitative estimate of drug-likeness (QED) is 0.782. The molecule has 0 amide bonds. The summed E-state index contributed by atoms with van der Waals surface area (Å²) in [6, 6.07) is 14.5. The molecule has 0 saturated carbocycles. The van der Waals surface area contributed by atoms with Crippen LogP contribution in [-0.4, -0.2) is 23.2 Å². The average Bonchev–Trinajstić information content (AvgIpc) is 2.97. The van der Waals surface area contributed by atoms with Crippen LogP contribution in [0.3, 0.4) is 0 Å². The number of hydrogen-bond acceptors (Lipinski definition) is 3. The van der Waals surface area contributed by atoms with E-state index >= 15 is 0 Å². The van der Waals surface area contributed by atoms with Crippen LogP contribution in [-0.2, 0) is 0 Å². The third kappa shape index (κ3) is 2.50. The Bertz CT molecular complexity index is 721. The normalized spacial score (nSPS) is 12.5. The number of hydrogen-bond donors (Lipinski definition) is 1. The van der Waals surface area contributed by atoms with E-state index in [0.29, 0.717) is 6.54 Å². The van der Waals surface area contributed by atoms with Gasteiger partial charge >= 0.3 is 0 Å². The van der Waals surface area contributed by atoms with Crippen molar-refractivity contribution in [2.24, 2.45) is 5.73 Å². The van der Waals surface area contributed by atoms with Gasteiger partial charge in [0.25, 0.3) is 0 Å². The zero-order valence-electron chi connectivity index (χ0n) is 12.1. The molecule has 1 atom stereocenters. The first-order chi connectivity index (χ1) is 10.3. The van der Waals surface area contributed by atoms with E-state index in [1.54, 1.807) is 13.3 Å². The van der Waals surface area contributed by atoms with Crippen molar-refractivity contribution in [2.45, 2.75) is 12.5 Å². The summed E-state index contributed by atoms with van der Waals surface area (Å²) >= 11 is 0. The molecule has 0 spiro atoms. The second-order valence-corrected chi connectivity index (χ2v) is 4.97. The van der Waals surface area contributed by atoms with Crippen molar-refractivity contribution in [1.29, 1.82) is 0 Å². The zero-order valence-corrected chi connectivity index (χ0v) is 12.1. The van der Waals surface area contributed by atoms with Crippen molar-refractivity contribution in [1.82, 2.24) is 9.55 Å². The van der Waals surface area contributed by atoms with Crippen molar-refractivity contribution in [3.63, 3.8) is 0 Å². The first-order valence-electron chi connectivity index (χ1n) is 7.09. The Morgan fingerprint density at radius 3 is 2.71 bits per heavy atom. The lowest BCUT2D eigenvalue weighted by molar-refractivity contribution is 0.415. The summed E-state index contributed by atoms with van der Waals surface area (Å²) < 4.78 is 7.71. The number of nitrogens with two attached hydrogens (primary N) is 1. The minimum Gasteiger partial charge on any atom is -0.494 e. The maximum absolute atomic E-state index is 5.83. The molecular formula is C17H19N3O. The Kier molecular flexibility index (Phi) is 3.88. The fraction of sp³-hybridized carbons (Fsp3) is 0.235. The highest BCUT2D eigenvalue weighted by atomic mass is 16.5. The number of rotatable bonds is 5. The number of pyridine rings is 1. The predicted octanol–water partition coefficient (Wildman–Crippen LogP) is 2.98. The van der Waals surface area contributed by atoms with Crippen molar-refractivity contribution in [2.75, 3.05) is 13.7 Å².